The number of urea groups is 1. The van der Waals surface area contributed by atoms with Gasteiger partial charge in [-0.05, 0) is 19.8 Å². The fraction of sp³-hybridized carbons (Fsp3) is 0.833. The van der Waals surface area contributed by atoms with Crippen molar-refractivity contribution in [2.45, 2.75) is 19.8 Å². The van der Waals surface area contributed by atoms with Crippen LogP contribution in [0, 0.1) is 5.41 Å². The van der Waals surface area contributed by atoms with Crippen molar-refractivity contribution in [3.8, 4) is 0 Å². The van der Waals surface area contributed by atoms with Crippen molar-refractivity contribution in [3.05, 3.63) is 0 Å². The molecule has 0 saturated carbocycles. The largest absolute Gasteiger partial charge is 0.481 e. The molecule has 7 nitrogen and oxygen atoms in total. The number of hydrogen-bond acceptors (Lipinski definition) is 4. The monoisotopic (exact) mass is 274 g/mol. The van der Waals surface area contributed by atoms with Crippen LogP contribution < -0.4 is 0 Å². The number of piperidine rings is 1. The van der Waals surface area contributed by atoms with E-state index in [0.717, 1.165) is 0 Å². The van der Waals surface area contributed by atoms with Crippen molar-refractivity contribution in [2.24, 2.45) is 5.41 Å². The molecule has 1 aliphatic heterocycles. The lowest BCUT2D eigenvalue weighted by atomic mass is 9.80. The van der Waals surface area contributed by atoms with Crippen LogP contribution >= 0.6 is 0 Å². The number of amides is 2. The third kappa shape index (κ3) is 3.81. The highest BCUT2D eigenvalue weighted by molar-refractivity contribution is 5.77. The molecule has 1 aliphatic rings. The third-order valence-electron chi connectivity index (χ3n) is 3.66. The first-order valence-corrected chi connectivity index (χ1v) is 6.43. The van der Waals surface area contributed by atoms with Gasteiger partial charge in [-0.2, -0.15) is 0 Å². The Morgan fingerprint density at radius 1 is 1.16 bits per heavy atom. The first-order valence-electron chi connectivity index (χ1n) is 6.43. The Labute approximate surface area is 112 Å². The second-order valence-corrected chi connectivity index (χ2v) is 5.07. The zero-order chi connectivity index (χ0) is 14.5. The summed E-state index contributed by atoms with van der Waals surface area (Å²) in [5.41, 5.74) is -0.768. The summed E-state index contributed by atoms with van der Waals surface area (Å²) in [6.07, 6.45) is 0.834. The Bertz CT molecular complexity index is 320. The van der Waals surface area contributed by atoms with Gasteiger partial charge in [-0.15, -0.1) is 0 Å². The van der Waals surface area contributed by atoms with E-state index in [1.54, 1.807) is 11.8 Å². The first kappa shape index (κ1) is 15.7. The van der Waals surface area contributed by atoms with Crippen LogP contribution in [0.15, 0.2) is 0 Å². The van der Waals surface area contributed by atoms with Crippen molar-refractivity contribution in [2.75, 3.05) is 39.4 Å². The lowest BCUT2D eigenvalue weighted by Gasteiger charge is -2.38. The number of hydrogen-bond donors (Lipinski definition) is 3. The molecule has 0 spiro atoms. The fourth-order valence-corrected chi connectivity index (χ4v) is 2.15. The SMILES string of the molecule is CC1(C(=O)O)CCN(C(=O)N(CCO)CCO)CC1. The number of carboxylic acid groups (broad SMARTS) is 1. The molecule has 19 heavy (non-hydrogen) atoms. The average Bonchev–Trinajstić information content (AvgIpc) is 2.38. The predicted octanol–water partition coefficient (Wildman–Crippen LogP) is -0.420. The van der Waals surface area contributed by atoms with Crippen LogP contribution in [0.5, 0.6) is 0 Å². The minimum atomic E-state index is -0.831. The number of carbonyl (C=O) groups excluding carboxylic acids is 1. The maximum Gasteiger partial charge on any atom is 0.320 e. The number of aliphatic carboxylic acids is 1. The molecule has 1 heterocycles. The summed E-state index contributed by atoms with van der Waals surface area (Å²) in [6.45, 7) is 2.48. The van der Waals surface area contributed by atoms with E-state index < -0.39 is 11.4 Å². The molecule has 1 fully saturated rings. The predicted molar refractivity (Wildman–Crippen MR) is 67.7 cm³/mol. The van der Waals surface area contributed by atoms with Crippen LogP contribution in [0.4, 0.5) is 4.79 Å². The van der Waals surface area contributed by atoms with Crippen LogP contribution in [0.3, 0.4) is 0 Å². The highest BCUT2D eigenvalue weighted by atomic mass is 16.4. The summed E-state index contributed by atoms with van der Waals surface area (Å²) in [5.74, 6) is -0.831. The molecule has 1 rings (SSSR count). The molecule has 0 bridgehead atoms. The molecule has 1 saturated heterocycles. The normalized spacial score (nSPS) is 18.2. The smallest absolute Gasteiger partial charge is 0.320 e. The van der Waals surface area contributed by atoms with Crippen LogP contribution in [0.1, 0.15) is 19.8 Å². The van der Waals surface area contributed by atoms with Gasteiger partial charge in [0, 0.05) is 26.2 Å². The Morgan fingerprint density at radius 3 is 2.00 bits per heavy atom. The summed E-state index contributed by atoms with van der Waals surface area (Å²) >= 11 is 0. The lowest BCUT2D eigenvalue weighted by Crippen LogP contribution is -2.51. The Hall–Kier alpha value is -1.34. The van der Waals surface area contributed by atoms with E-state index in [1.807, 2.05) is 0 Å². The maximum atomic E-state index is 12.1. The van der Waals surface area contributed by atoms with E-state index in [0.29, 0.717) is 25.9 Å². The van der Waals surface area contributed by atoms with Crippen molar-refractivity contribution in [1.82, 2.24) is 9.80 Å². The number of likely N-dealkylation sites (tertiary alicyclic amines) is 1. The second-order valence-electron chi connectivity index (χ2n) is 5.07. The Morgan fingerprint density at radius 2 is 1.63 bits per heavy atom. The number of nitrogens with zero attached hydrogens (tertiary/aromatic N) is 2. The van der Waals surface area contributed by atoms with Gasteiger partial charge in [0.2, 0.25) is 0 Å². The fourth-order valence-electron chi connectivity index (χ4n) is 2.15. The van der Waals surface area contributed by atoms with Crippen molar-refractivity contribution in [3.63, 3.8) is 0 Å². The van der Waals surface area contributed by atoms with E-state index in [-0.39, 0.29) is 32.3 Å². The van der Waals surface area contributed by atoms with E-state index in [4.69, 9.17) is 15.3 Å². The topological polar surface area (TPSA) is 101 Å². The van der Waals surface area contributed by atoms with Crippen molar-refractivity contribution >= 4 is 12.0 Å². The highest BCUT2D eigenvalue weighted by Crippen LogP contribution is 2.31. The molecule has 0 aromatic heterocycles. The number of carbonyl (C=O) groups is 2. The number of aliphatic hydroxyl groups is 2. The zero-order valence-corrected chi connectivity index (χ0v) is 11.2. The van der Waals surface area contributed by atoms with Crippen LogP contribution in [-0.2, 0) is 4.79 Å². The molecule has 0 atom stereocenters. The van der Waals surface area contributed by atoms with E-state index in [2.05, 4.69) is 0 Å². The van der Waals surface area contributed by atoms with E-state index in [1.165, 1.54) is 4.90 Å². The summed E-state index contributed by atoms with van der Waals surface area (Å²) in [5, 5.41) is 26.9. The molecule has 7 heteroatoms. The van der Waals surface area contributed by atoms with Crippen LogP contribution in [-0.4, -0.2) is 76.5 Å². The van der Waals surface area contributed by atoms with Gasteiger partial charge in [0.25, 0.3) is 0 Å². The molecule has 3 N–H and O–H groups in total. The first-order chi connectivity index (χ1) is 8.94. The molecule has 110 valence electrons. The van der Waals surface area contributed by atoms with Gasteiger partial charge in [-0.25, -0.2) is 4.79 Å². The van der Waals surface area contributed by atoms with Gasteiger partial charge in [0.1, 0.15) is 0 Å². The highest BCUT2D eigenvalue weighted by Gasteiger charge is 2.38. The van der Waals surface area contributed by atoms with Crippen molar-refractivity contribution < 1.29 is 24.9 Å². The molecular weight excluding hydrogens is 252 g/mol. The van der Waals surface area contributed by atoms with Gasteiger partial charge < -0.3 is 25.1 Å². The second kappa shape index (κ2) is 6.72. The maximum absolute atomic E-state index is 12.1. The molecule has 0 unspecified atom stereocenters. The lowest BCUT2D eigenvalue weighted by molar-refractivity contribution is -0.150. The molecule has 0 aromatic rings. The van der Waals surface area contributed by atoms with E-state index >= 15 is 0 Å². The molecule has 0 aromatic carbocycles. The van der Waals surface area contributed by atoms with Crippen molar-refractivity contribution in [1.29, 1.82) is 0 Å². The minimum absolute atomic E-state index is 0.160. The van der Waals surface area contributed by atoms with Crippen LogP contribution in [0.2, 0.25) is 0 Å². The molecule has 0 aliphatic carbocycles. The third-order valence-corrected chi connectivity index (χ3v) is 3.66. The molecule has 2 amide bonds. The standard InChI is InChI=1S/C12H22N2O5/c1-12(10(17)18)2-4-13(5-3-12)11(19)14(6-8-15)7-9-16/h15-16H,2-9H2,1H3,(H,17,18). The Balaban J connectivity index is 2.58. The summed E-state index contributed by atoms with van der Waals surface area (Å²) in [7, 11) is 0. The van der Waals surface area contributed by atoms with Gasteiger partial charge >= 0.3 is 12.0 Å². The van der Waals surface area contributed by atoms with E-state index in [9.17, 15) is 9.59 Å². The zero-order valence-electron chi connectivity index (χ0n) is 11.2. The van der Waals surface area contributed by atoms with Gasteiger partial charge in [-0.3, -0.25) is 4.79 Å². The minimum Gasteiger partial charge on any atom is -0.481 e. The average molecular weight is 274 g/mol. The summed E-state index contributed by atoms with van der Waals surface area (Å²) in [4.78, 5) is 26.2. The number of rotatable bonds is 5. The summed E-state index contributed by atoms with van der Waals surface area (Å²) in [6, 6.07) is -0.254. The van der Waals surface area contributed by atoms with Gasteiger partial charge in [0.15, 0.2) is 0 Å². The number of aliphatic hydroxyl groups excluding tert-OH is 2. The quantitative estimate of drug-likeness (QED) is 0.632. The van der Waals surface area contributed by atoms with Gasteiger partial charge in [0.05, 0.1) is 18.6 Å². The van der Waals surface area contributed by atoms with Crippen LogP contribution in [0.25, 0.3) is 0 Å². The number of carboxylic acids is 1. The molecule has 0 radical (unpaired) electrons. The van der Waals surface area contributed by atoms with Gasteiger partial charge in [-0.1, -0.05) is 0 Å². The summed E-state index contributed by atoms with van der Waals surface area (Å²) < 4.78 is 0. The molecular formula is C12H22N2O5. The Kier molecular flexibility index (Phi) is 5.56.